The van der Waals surface area contributed by atoms with E-state index in [2.05, 4.69) is 5.32 Å². The highest BCUT2D eigenvalue weighted by Gasteiger charge is 2.17. The largest absolute Gasteiger partial charge is 0.506 e. The van der Waals surface area contributed by atoms with Gasteiger partial charge in [-0.05, 0) is 31.2 Å². The fraction of sp³-hybridized carbons (Fsp3) is 0.133. The highest BCUT2D eigenvalue weighted by atomic mass is 35.5. The Kier molecular flexibility index (Phi) is 4.65. The Bertz CT molecular complexity index is 676. The van der Waals surface area contributed by atoms with Gasteiger partial charge in [-0.3, -0.25) is 4.79 Å². The number of anilines is 1. The molecule has 0 aliphatic heterocycles. The van der Waals surface area contributed by atoms with Crippen LogP contribution in [0.5, 0.6) is 11.5 Å². The van der Waals surface area contributed by atoms with Crippen molar-refractivity contribution in [3.63, 3.8) is 0 Å². The van der Waals surface area contributed by atoms with Crippen molar-refractivity contribution in [2.24, 2.45) is 0 Å². The summed E-state index contributed by atoms with van der Waals surface area (Å²) in [4.78, 5) is 12.2. The summed E-state index contributed by atoms with van der Waals surface area (Å²) in [6.45, 7) is 1.92. The normalized spacial score (nSPS) is 10.2. The monoisotopic (exact) mass is 309 g/mol. The second kappa shape index (κ2) is 6.45. The second-order valence-corrected chi connectivity index (χ2v) is 4.60. The molecule has 0 aliphatic rings. The SMILES string of the molecule is CCOc1c(F)cccc1C(=O)Nc1ccc(Cl)cc1O. The maximum Gasteiger partial charge on any atom is 0.259 e. The molecule has 0 spiro atoms. The lowest BCUT2D eigenvalue weighted by Gasteiger charge is -2.12. The zero-order chi connectivity index (χ0) is 15.4. The van der Waals surface area contributed by atoms with Gasteiger partial charge in [0.05, 0.1) is 17.9 Å². The second-order valence-electron chi connectivity index (χ2n) is 4.17. The van der Waals surface area contributed by atoms with Crippen molar-refractivity contribution in [3.05, 3.63) is 52.8 Å². The number of phenolic OH excluding ortho intramolecular Hbond substituents is 1. The molecule has 0 unspecified atom stereocenters. The molecular formula is C15H13ClFNO3. The Hall–Kier alpha value is -2.27. The number of ether oxygens (including phenoxy) is 1. The van der Waals surface area contributed by atoms with Gasteiger partial charge >= 0.3 is 0 Å². The summed E-state index contributed by atoms with van der Waals surface area (Å²) in [6, 6.07) is 8.33. The van der Waals surface area contributed by atoms with Crippen LogP contribution in [0.25, 0.3) is 0 Å². The maximum atomic E-state index is 13.7. The third-order valence-corrected chi connectivity index (χ3v) is 2.94. The number of phenols is 1. The van der Waals surface area contributed by atoms with Gasteiger partial charge in [0.15, 0.2) is 11.6 Å². The molecule has 2 aromatic carbocycles. The molecule has 0 saturated heterocycles. The predicted molar refractivity (Wildman–Crippen MR) is 78.6 cm³/mol. The summed E-state index contributed by atoms with van der Waals surface area (Å²) < 4.78 is 18.9. The Morgan fingerprint density at radius 1 is 1.38 bits per heavy atom. The lowest BCUT2D eigenvalue weighted by Crippen LogP contribution is -2.14. The van der Waals surface area contributed by atoms with E-state index in [0.29, 0.717) is 5.02 Å². The molecule has 2 rings (SSSR count). The standard InChI is InChI=1S/C15H13ClFNO3/c1-2-21-14-10(4-3-5-11(14)17)15(20)18-12-7-6-9(16)8-13(12)19/h3-8,19H,2H2,1H3,(H,18,20). The van der Waals surface area contributed by atoms with E-state index in [4.69, 9.17) is 16.3 Å². The molecule has 0 fully saturated rings. The summed E-state index contributed by atoms with van der Waals surface area (Å²) in [5, 5.41) is 12.5. The van der Waals surface area contributed by atoms with E-state index >= 15 is 0 Å². The molecule has 0 aliphatic carbocycles. The Morgan fingerprint density at radius 3 is 2.81 bits per heavy atom. The number of halogens is 2. The highest BCUT2D eigenvalue weighted by Crippen LogP contribution is 2.29. The topological polar surface area (TPSA) is 58.6 Å². The first-order valence-corrected chi connectivity index (χ1v) is 6.62. The Morgan fingerprint density at radius 2 is 2.14 bits per heavy atom. The lowest BCUT2D eigenvalue weighted by atomic mass is 10.1. The Labute approximate surface area is 126 Å². The van der Waals surface area contributed by atoms with Crippen LogP contribution in [0.4, 0.5) is 10.1 Å². The summed E-state index contributed by atoms with van der Waals surface area (Å²) >= 11 is 5.72. The van der Waals surface area contributed by atoms with E-state index in [0.717, 1.165) is 0 Å². The minimum atomic E-state index is -0.621. The van der Waals surface area contributed by atoms with E-state index in [1.165, 1.54) is 36.4 Å². The van der Waals surface area contributed by atoms with Gasteiger partial charge in [-0.25, -0.2) is 4.39 Å². The van der Waals surface area contributed by atoms with Crippen LogP contribution in [0.3, 0.4) is 0 Å². The van der Waals surface area contributed by atoms with Crippen molar-refractivity contribution in [2.75, 3.05) is 11.9 Å². The molecule has 4 nitrogen and oxygen atoms in total. The van der Waals surface area contributed by atoms with E-state index in [1.54, 1.807) is 6.92 Å². The van der Waals surface area contributed by atoms with Crippen molar-refractivity contribution in [3.8, 4) is 11.5 Å². The van der Waals surface area contributed by atoms with Gasteiger partial charge in [-0.15, -0.1) is 0 Å². The molecule has 0 radical (unpaired) electrons. The van der Waals surface area contributed by atoms with Gasteiger partial charge in [0.25, 0.3) is 5.91 Å². The number of aromatic hydroxyl groups is 1. The highest BCUT2D eigenvalue weighted by molar-refractivity contribution is 6.30. The minimum Gasteiger partial charge on any atom is -0.506 e. The van der Waals surface area contributed by atoms with Crippen LogP contribution >= 0.6 is 11.6 Å². The van der Waals surface area contributed by atoms with Crippen LogP contribution < -0.4 is 10.1 Å². The van der Waals surface area contributed by atoms with Gasteiger partial charge in [0.2, 0.25) is 0 Å². The number of hydrogen-bond acceptors (Lipinski definition) is 3. The van der Waals surface area contributed by atoms with E-state index in [9.17, 15) is 14.3 Å². The lowest BCUT2D eigenvalue weighted by molar-refractivity contribution is 0.102. The molecule has 0 bridgehead atoms. The van der Waals surface area contributed by atoms with Gasteiger partial charge in [0, 0.05) is 11.1 Å². The van der Waals surface area contributed by atoms with Crippen molar-refractivity contribution >= 4 is 23.2 Å². The van der Waals surface area contributed by atoms with Crippen LogP contribution in [0.2, 0.25) is 5.02 Å². The van der Waals surface area contributed by atoms with E-state index in [1.807, 2.05) is 0 Å². The van der Waals surface area contributed by atoms with E-state index in [-0.39, 0.29) is 29.4 Å². The number of carbonyl (C=O) groups is 1. The smallest absolute Gasteiger partial charge is 0.259 e. The van der Waals surface area contributed by atoms with Gasteiger partial charge in [0.1, 0.15) is 5.75 Å². The van der Waals surface area contributed by atoms with Crippen LogP contribution in [0.1, 0.15) is 17.3 Å². The average Bonchev–Trinajstić information content (AvgIpc) is 2.44. The first-order valence-electron chi connectivity index (χ1n) is 6.24. The fourth-order valence-electron chi connectivity index (χ4n) is 1.78. The number of hydrogen-bond donors (Lipinski definition) is 2. The molecule has 0 saturated carbocycles. The molecule has 2 aromatic rings. The quantitative estimate of drug-likeness (QED) is 0.844. The van der Waals surface area contributed by atoms with Crippen molar-refractivity contribution < 1.29 is 19.0 Å². The number of amides is 1. The molecule has 6 heteroatoms. The Balaban J connectivity index is 2.30. The predicted octanol–water partition coefficient (Wildman–Crippen LogP) is 3.84. The summed E-state index contributed by atoms with van der Waals surface area (Å²) in [6.07, 6.45) is 0. The first-order chi connectivity index (χ1) is 10.0. The molecule has 0 aromatic heterocycles. The van der Waals surface area contributed by atoms with E-state index < -0.39 is 11.7 Å². The molecule has 2 N–H and O–H groups in total. The third kappa shape index (κ3) is 3.44. The summed E-state index contributed by atoms with van der Waals surface area (Å²) in [7, 11) is 0. The molecular weight excluding hydrogens is 297 g/mol. The fourth-order valence-corrected chi connectivity index (χ4v) is 1.95. The number of rotatable bonds is 4. The van der Waals surface area contributed by atoms with Crippen LogP contribution in [0.15, 0.2) is 36.4 Å². The summed E-state index contributed by atoms with van der Waals surface area (Å²) in [5.74, 6) is -1.50. The molecule has 0 heterocycles. The maximum absolute atomic E-state index is 13.7. The zero-order valence-electron chi connectivity index (χ0n) is 11.2. The van der Waals surface area contributed by atoms with Crippen molar-refractivity contribution in [1.29, 1.82) is 0 Å². The molecule has 21 heavy (non-hydrogen) atoms. The van der Waals surface area contributed by atoms with Gasteiger partial charge in [-0.1, -0.05) is 17.7 Å². The summed E-state index contributed by atoms with van der Waals surface area (Å²) in [5.41, 5.74) is 0.224. The number of carbonyl (C=O) groups excluding carboxylic acids is 1. The number of nitrogens with one attached hydrogen (secondary N) is 1. The number of benzene rings is 2. The van der Waals surface area contributed by atoms with Gasteiger partial charge < -0.3 is 15.2 Å². The van der Waals surface area contributed by atoms with Gasteiger partial charge in [-0.2, -0.15) is 0 Å². The molecule has 0 atom stereocenters. The van der Waals surface area contributed by atoms with Crippen molar-refractivity contribution in [2.45, 2.75) is 6.92 Å². The molecule has 110 valence electrons. The van der Waals surface area contributed by atoms with Crippen LogP contribution in [-0.2, 0) is 0 Å². The van der Waals surface area contributed by atoms with Crippen molar-refractivity contribution in [1.82, 2.24) is 0 Å². The molecule has 1 amide bonds. The minimum absolute atomic E-state index is 0.0474. The third-order valence-electron chi connectivity index (χ3n) is 2.71. The zero-order valence-corrected chi connectivity index (χ0v) is 11.9. The number of para-hydroxylation sites is 1. The average molecular weight is 310 g/mol. The van der Waals surface area contributed by atoms with Crippen LogP contribution in [-0.4, -0.2) is 17.6 Å². The first kappa shape index (κ1) is 15.1. The van der Waals surface area contributed by atoms with Crippen LogP contribution in [0, 0.1) is 5.82 Å².